The van der Waals surface area contributed by atoms with E-state index in [4.69, 9.17) is 9.47 Å². The molecule has 1 aliphatic rings. The molecule has 2 N–H and O–H groups in total. The number of aliphatic hydroxyl groups excluding tert-OH is 1. The van der Waals surface area contributed by atoms with Crippen molar-refractivity contribution in [3.8, 4) is 17.2 Å². The van der Waals surface area contributed by atoms with E-state index in [9.17, 15) is 19.8 Å². The molecular formula is C29H24N2O6S. The summed E-state index contributed by atoms with van der Waals surface area (Å²) in [6.45, 7) is 2.40. The predicted octanol–water partition coefficient (Wildman–Crippen LogP) is 5.37. The Bertz CT molecular complexity index is 1530. The summed E-state index contributed by atoms with van der Waals surface area (Å²) in [5.41, 5.74) is 2.89. The highest BCUT2D eigenvalue weighted by atomic mass is 32.1. The molecule has 3 aromatic carbocycles. The number of phenols is 1. The Morgan fingerprint density at radius 1 is 1.08 bits per heavy atom. The number of ketones is 1. The van der Waals surface area contributed by atoms with Gasteiger partial charge in [-0.15, -0.1) is 11.3 Å². The van der Waals surface area contributed by atoms with Crippen molar-refractivity contribution < 1.29 is 29.3 Å². The monoisotopic (exact) mass is 528 g/mol. The Kier molecular flexibility index (Phi) is 6.85. The summed E-state index contributed by atoms with van der Waals surface area (Å²) >= 11 is 1.19. The molecule has 0 radical (unpaired) electrons. The number of hydrogen-bond donors (Lipinski definition) is 2. The number of methoxy groups -OCH3 is 1. The summed E-state index contributed by atoms with van der Waals surface area (Å²) in [5, 5.41) is 23.4. The number of carbonyl (C=O) groups is 2. The second-order valence-corrected chi connectivity index (χ2v) is 9.59. The summed E-state index contributed by atoms with van der Waals surface area (Å²) in [5.74, 6) is -1.31. The van der Waals surface area contributed by atoms with E-state index in [2.05, 4.69) is 4.98 Å². The van der Waals surface area contributed by atoms with E-state index in [1.807, 2.05) is 31.2 Å². The molecule has 2 heterocycles. The van der Waals surface area contributed by atoms with Gasteiger partial charge in [-0.1, -0.05) is 35.9 Å². The van der Waals surface area contributed by atoms with E-state index >= 15 is 0 Å². The zero-order valence-corrected chi connectivity index (χ0v) is 21.4. The van der Waals surface area contributed by atoms with Gasteiger partial charge >= 0.3 is 5.91 Å². The fourth-order valence-corrected chi connectivity index (χ4v) is 5.04. The first-order chi connectivity index (χ1) is 18.4. The van der Waals surface area contributed by atoms with Gasteiger partial charge in [0.15, 0.2) is 16.6 Å². The number of amides is 1. The van der Waals surface area contributed by atoms with Crippen LogP contribution in [0.2, 0.25) is 0 Å². The van der Waals surface area contributed by atoms with E-state index in [1.54, 1.807) is 35.7 Å². The largest absolute Gasteiger partial charge is 0.507 e. The summed E-state index contributed by atoms with van der Waals surface area (Å²) in [6.07, 6.45) is 1.53. The smallest absolute Gasteiger partial charge is 0.301 e. The first kappa shape index (κ1) is 25.0. The molecule has 38 heavy (non-hydrogen) atoms. The van der Waals surface area contributed by atoms with Crippen LogP contribution >= 0.6 is 11.3 Å². The third kappa shape index (κ3) is 4.71. The number of aromatic hydroxyl groups is 1. The molecule has 1 amide bonds. The molecule has 4 aromatic rings. The highest BCUT2D eigenvalue weighted by Gasteiger charge is 2.48. The summed E-state index contributed by atoms with van der Waals surface area (Å²) in [4.78, 5) is 31.9. The first-order valence-corrected chi connectivity index (χ1v) is 12.6. The van der Waals surface area contributed by atoms with Crippen LogP contribution in [0.25, 0.3) is 5.76 Å². The van der Waals surface area contributed by atoms with Crippen LogP contribution in [0, 0.1) is 6.92 Å². The van der Waals surface area contributed by atoms with Crippen molar-refractivity contribution in [2.75, 3.05) is 12.0 Å². The van der Waals surface area contributed by atoms with Crippen LogP contribution in [0.5, 0.6) is 17.2 Å². The van der Waals surface area contributed by atoms with Gasteiger partial charge in [-0.25, -0.2) is 4.98 Å². The fourth-order valence-electron chi connectivity index (χ4n) is 4.38. The molecule has 1 unspecified atom stereocenters. The van der Waals surface area contributed by atoms with E-state index in [1.165, 1.54) is 41.7 Å². The van der Waals surface area contributed by atoms with Gasteiger partial charge < -0.3 is 19.7 Å². The highest BCUT2D eigenvalue weighted by Crippen LogP contribution is 2.44. The normalized spacial score (nSPS) is 16.6. The predicted molar refractivity (Wildman–Crippen MR) is 144 cm³/mol. The van der Waals surface area contributed by atoms with E-state index in [0.717, 1.165) is 11.1 Å². The highest BCUT2D eigenvalue weighted by molar-refractivity contribution is 7.14. The van der Waals surface area contributed by atoms with Gasteiger partial charge in [0.25, 0.3) is 5.78 Å². The minimum absolute atomic E-state index is 0.0913. The van der Waals surface area contributed by atoms with E-state index in [0.29, 0.717) is 28.6 Å². The van der Waals surface area contributed by atoms with Gasteiger partial charge in [-0.2, -0.15) is 0 Å². The maximum Gasteiger partial charge on any atom is 0.301 e. The fraction of sp³-hybridized carbons (Fsp3) is 0.138. The minimum atomic E-state index is -0.979. The maximum absolute atomic E-state index is 13.2. The maximum atomic E-state index is 13.2. The zero-order valence-electron chi connectivity index (χ0n) is 20.6. The molecule has 1 fully saturated rings. The van der Waals surface area contributed by atoms with Crippen LogP contribution in [0.1, 0.15) is 28.3 Å². The molecule has 192 valence electrons. The molecule has 1 aromatic heterocycles. The number of aromatic nitrogens is 1. The van der Waals surface area contributed by atoms with E-state index < -0.39 is 17.7 Å². The van der Waals surface area contributed by atoms with E-state index in [-0.39, 0.29) is 22.8 Å². The Hall–Kier alpha value is -4.63. The van der Waals surface area contributed by atoms with Crippen molar-refractivity contribution >= 4 is 33.9 Å². The summed E-state index contributed by atoms with van der Waals surface area (Å²) in [7, 11) is 1.40. The Morgan fingerprint density at radius 2 is 1.87 bits per heavy atom. The number of carbonyl (C=O) groups excluding carboxylic acids is 2. The van der Waals surface area contributed by atoms with Gasteiger partial charge in [0, 0.05) is 17.1 Å². The summed E-state index contributed by atoms with van der Waals surface area (Å²) < 4.78 is 11.1. The quantitative estimate of drug-likeness (QED) is 0.189. The van der Waals surface area contributed by atoms with Crippen molar-refractivity contribution in [3.63, 3.8) is 0 Å². The first-order valence-electron chi connectivity index (χ1n) is 11.7. The molecule has 0 spiro atoms. The molecule has 5 rings (SSSR count). The number of ether oxygens (including phenoxy) is 2. The third-order valence-electron chi connectivity index (χ3n) is 6.21. The van der Waals surface area contributed by atoms with Crippen LogP contribution in [0.4, 0.5) is 5.13 Å². The molecule has 8 nitrogen and oxygen atoms in total. The number of anilines is 1. The van der Waals surface area contributed by atoms with Crippen LogP contribution in [0.15, 0.2) is 83.9 Å². The third-order valence-corrected chi connectivity index (χ3v) is 6.98. The number of aryl methyl sites for hydroxylation is 1. The van der Waals surface area contributed by atoms with Crippen molar-refractivity contribution in [3.05, 3.63) is 106 Å². The Morgan fingerprint density at radius 3 is 2.55 bits per heavy atom. The van der Waals surface area contributed by atoms with Gasteiger partial charge in [-0.3, -0.25) is 14.5 Å². The van der Waals surface area contributed by atoms with Crippen molar-refractivity contribution in [1.29, 1.82) is 0 Å². The molecule has 9 heteroatoms. The number of Topliss-reactive ketones (excluding diaryl/α,β-unsaturated/α-hetero) is 1. The Balaban J connectivity index is 1.51. The van der Waals surface area contributed by atoms with Crippen molar-refractivity contribution in [2.45, 2.75) is 19.6 Å². The topological polar surface area (TPSA) is 109 Å². The number of rotatable bonds is 7. The van der Waals surface area contributed by atoms with Crippen molar-refractivity contribution in [2.24, 2.45) is 0 Å². The molecule has 0 bridgehead atoms. The lowest BCUT2D eigenvalue weighted by Gasteiger charge is -2.23. The lowest BCUT2D eigenvalue weighted by atomic mass is 9.95. The number of hydrogen-bond acceptors (Lipinski definition) is 8. The number of benzene rings is 3. The second-order valence-electron chi connectivity index (χ2n) is 8.72. The molecule has 1 aliphatic heterocycles. The lowest BCUT2D eigenvalue weighted by molar-refractivity contribution is -0.132. The number of nitrogens with zero attached hydrogens (tertiary/aromatic N) is 2. The lowest BCUT2D eigenvalue weighted by Crippen LogP contribution is -2.29. The number of aliphatic hydroxyl groups is 1. The van der Waals surface area contributed by atoms with Crippen LogP contribution in [0.3, 0.4) is 0 Å². The molecule has 1 saturated heterocycles. The molecule has 1 atom stereocenters. The average Bonchev–Trinajstić information content (AvgIpc) is 3.54. The minimum Gasteiger partial charge on any atom is -0.507 e. The molecule has 0 saturated carbocycles. The van der Waals surface area contributed by atoms with Gasteiger partial charge in [0.1, 0.15) is 18.1 Å². The second kappa shape index (κ2) is 10.4. The van der Waals surface area contributed by atoms with Crippen LogP contribution in [-0.2, 0) is 16.2 Å². The Labute approximate surface area is 223 Å². The van der Waals surface area contributed by atoms with Gasteiger partial charge in [-0.05, 0) is 54.4 Å². The van der Waals surface area contributed by atoms with Gasteiger partial charge in [0.2, 0.25) is 0 Å². The number of thiazole rings is 1. The average molecular weight is 529 g/mol. The van der Waals surface area contributed by atoms with Crippen molar-refractivity contribution in [1.82, 2.24) is 4.98 Å². The standard InChI is InChI=1S/C29H24N2O6S/c1-17-4-3-5-18(14-17)16-37-21-9-6-19(7-10-21)26(33)24-25(20-8-11-22(32)23(15-20)36-2)31(28(35)27(24)34)29-30-12-13-38-29/h3-15,25,32-33H,16H2,1-2H3. The van der Waals surface area contributed by atoms with Crippen LogP contribution < -0.4 is 14.4 Å². The summed E-state index contributed by atoms with van der Waals surface area (Å²) in [6, 6.07) is 18.2. The molecular weight excluding hydrogens is 504 g/mol. The number of phenolic OH excluding ortho intramolecular Hbond substituents is 1. The SMILES string of the molecule is COc1cc(C2C(=C(O)c3ccc(OCc4cccc(C)c4)cc3)C(=O)C(=O)N2c2nccs2)ccc1O. The molecule has 0 aliphatic carbocycles. The van der Waals surface area contributed by atoms with Gasteiger partial charge in [0.05, 0.1) is 18.7 Å². The van der Waals surface area contributed by atoms with Crippen LogP contribution in [-0.4, -0.2) is 34.0 Å². The zero-order chi connectivity index (χ0) is 26.8.